The van der Waals surface area contributed by atoms with Crippen molar-refractivity contribution >= 4 is 22.3 Å². The summed E-state index contributed by atoms with van der Waals surface area (Å²) in [5.41, 5.74) is 4.22. The molecule has 0 radical (unpaired) electrons. The molecule has 7 heteroatoms. The summed E-state index contributed by atoms with van der Waals surface area (Å²) in [6.45, 7) is 13.9. The van der Waals surface area contributed by atoms with Crippen molar-refractivity contribution in [2.45, 2.75) is 44.7 Å². The minimum absolute atomic E-state index is 0.0931. The van der Waals surface area contributed by atoms with Crippen molar-refractivity contribution in [3.63, 3.8) is 0 Å². The Labute approximate surface area is 206 Å². The molecule has 182 valence electrons. The van der Waals surface area contributed by atoms with Gasteiger partial charge in [0.05, 0.1) is 49.8 Å². The average molecular weight is 475 g/mol. The number of rotatable bonds is 4. The lowest BCUT2D eigenvalue weighted by molar-refractivity contribution is -0.0910. The third kappa shape index (κ3) is 4.56. The van der Waals surface area contributed by atoms with Crippen LogP contribution in [0.15, 0.2) is 48.7 Å². The predicted molar refractivity (Wildman–Crippen MR) is 137 cm³/mol. The van der Waals surface area contributed by atoms with Gasteiger partial charge in [0.25, 0.3) is 0 Å². The lowest BCUT2D eigenvalue weighted by Gasteiger charge is -2.45. The molecule has 1 aromatic heterocycles. The zero-order valence-corrected chi connectivity index (χ0v) is 20.4. The van der Waals surface area contributed by atoms with Gasteiger partial charge >= 0.3 is 0 Å². The van der Waals surface area contributed by atoms with Crippen LogP contribution in [0.3, 0.4) is 0 Å². The number of hydrogen-bond donors (Lipinski definition) is 0. The molecule has 2 saturated heterocycles. The number of aromatic nitrogens is 1. The Bertz CT molecular complexity index is 1230. The second-order valence-corrected chi connectivity index (χ2v) is 9.57. The molecule has 2 aliphatic rings. The van der Waals surface area contributed by atoms with Crippen molar-refractivity contribution in [2.75, 3.05) is 38.2 Å². The first-order chi connectivity index (χ1) is 17.0. The highest BCUT2D eigenvalue weighted by Crippen LogP contribution is 2.40. The van der Waals surface area contributed by atoms with Crippen LogP contribution in [0.5, 0.6) is 5.75 Å². The molecule has 3 aromatic rings. The number of benzene rings is 2. The fourth-order valence-corrected chi connectivity index (χ4v) is 5.59. The third-order valence-corrected chi connectivity index (χ3v) is 7.11. The van der Waals surface area contributed by atoms with E-state index in [4.69, 9.17) is 21.0 Å². The number of hydrogen-bond acceptors (Lipinski definition) is 5. The van der Waals surface area contributed by atoms with E-state index in [0.29, 0.717) is 18.0 Å². The van der Waals surface area contributed by atoms with Crippen LogP contribution in [-0.2, 0) is 4.74 Å². The number of piperidine rings is 1. The molecule has 0 spiro atoms. The highest BCUT2D eigenvalue weighted by atomic mass is 19.1. The van der Waals surface area contributed by atoms with E-state index in [1.54, 1.807) is 7.11 Å². The van der Waals surface area contributed by atoms with Crippen molar-refractivity contribution < 1.29 is 13.9 Å². The van der Waals surface area contributed by atoms with Gasteiger partial charge < -0.3 is 14.4 Å². The minimum atomic E-state index is -0.964. The first-order valence-corrected chi connectivity index (χ1v) is 12.2. The summed E-state index contributed by atoms with van der Waals surface area (Å²) >= 11 is 0. The Balaban J connectivity index is 1.43. The Morgan fingerprint density at radius 1 is 1.09 bits per heavy atom. The molecule has 0 saturated carbocycles. The molecule has 0 bridgehead atoms. The number of fused-ring (bicyclic) bond motifs is 1. The average Bonchev–Trinajstić information content (AvgIpc) is 2.87. The lowest BCUT2D eigenvalue weighted by atomic mass is 9.98. The van der Waals surface area contributed by atoms with Crippen LogP contribution in [0, 0.1) is 6.57 Å². The fourth-order valence-electron chi connectivity index (χ4n) is 5.59. The fraction of sp³-hybridized carbons (Fsp3) is 0.429. The Kier molecular flexibility index (Phi) is 6.59. The molecule has 6 nitrogen and oxygen atoms in total. The van der Waals surface area contributed by atoms with Gasteiger partial charge in [-0.2, -0.15) is 0 Å². The molecule has 2 fully saturated rings. The first-order valence-electron chi connectivity index (χ1n) is 12.2. The van der Waals surface area contributed by atoms with Gasteiger partial charge in [-0.15, -0.1) is 0 Å². The van der Waals surface area contributed by atoms with Crippen LogP contribution < -0.4 is 9.64 Å². The highest BCUT2D eigenvalue weighted by Gasteiger charge is 2.37. The molecule has 0 aliphatic carbocycles. The monoisotopic (exact) mass is 474 g/mol. The number of anilines is 1. The zero-order chi connectivity index (χ0) is 24.5. The van der Waals surface area contributed by atoms with Gasteiger partial charge in [0.1, 0.15) is 6.17 Å². The van der Waals surface area contributed by atoms with Crippen LogP contribution in [0.1, 0.15) is 20.3 Å². The predicted octanol–water partition coefficient (Wildman–Crippen LogP) is 5.49. The number of ether oxygens (including phenoxy) is 2. The van der Waals surface area contributed by atoms with Crippen molar-refractivity contribution in [1.82, 2.24) is 9.88 Å². The maximum Gasteiger partial charge on any atom is 0.187 e. The van der Waals surface area contributed by atoms with Gasteiger partial charge in [0, 0.05) is 36.6 Å². The second-order valence-electron chi connectivity index (χ2n) is 9.57. The molecule has 0 amide bonds. The number of para-hydroxylation sites is 1. The van der Waals surface area contributed by atoms with E-state index in [0.717, 1.165) is 53.8 Å². The molecule has 4 atom stereocenters. The van der Waals surface area contributed by atoms with Gasteiger partial charge in [0.15, 0.2) is 11.4 Å². The number of halogens is 1. The maximum atomic E-state index is 15.5. The summed E-state index contributed by atoms with van der Waals surface area (Å²) in [7, 11) is 1.66. The molecule has 2 aromatic carbocycles. The Morgan fingerprint density at radius 2 is 1.83 bits per heavy atom. The van der Waals surface area contributed by atoms with Gasteiger partial charge in [-0.25, -0.2) is 9.24 Å². The van der Waals surface area contributed by atoms with Crippen LogP contribution in [0.25, 0.3) is 26.9 Å². The van der Waals surface area contributed by atoms with E-state index in [9.17, 15) is 0 Å². The van der Waals surface area contributed by atoms with Crippen molar-refractivity contribution in [3.05, 3.63) is 60.1 Å². The molecule has 2 aliphatic heterocycles. The quantitative estimate of drug-likeness (QED) is 0.468. The summed E-state index contributed by atoms with van der Waals surface area (Å²) in [6, 6.07) is 13.4. The largest absolute Gasteiger partial charge is 0.494 e. The lowest BCUT2D eigenvalue weighted by Crippen LogP contribution is -2.58. The van der Waals surface area contributed by atoms with Crippen LogP contribution in [0.4, 0.5) is 15.8 Å². The Morgan fingerprint density at radius 3 is 2.49 bits per heavy atom. The van der Waals surface area contributed by atoms with E-state index in [2.05, 4.69) is 28.5 Å². The van der Waals surface area contributed by atoms with E-state index in [-0.39, 0.29) is 18.2 Å². The molecule has 5 rings (SSSR count). The van der Waals surface area contributed by atoms with E-state index >= 15 is 4.39 Å². The number of morpholine rings is 1. The van der Waals surface area contributed by atoms with Gasteiger partial charge in [-0.3, -0.25) is 9.88 Å². The number of alkyl halides is 1. The summed E-state index contributed by atoms with van der Waals surface area (Å²) in [4.78, 5) is 12.6. The van der Waals surface area contributed by atoms with Crippen LogP contribution in [0.2, 0.25) is 0 Å². The van der Waals surface area contributed by atoms with Crippen LogP contribution >= 0.6 is 0 Å². The third-order valence-electron chi connectivity index (χ3n) is 7.11. The standard InChI is InChI=1S/C28H31FN4O2/c1-18-15-33(16-19(2)35-18)25-12-13-32(17-24(25)29)26-14-31-27-22(6-5-7-23(27)28(26)34-4)20-8-10-21(30-3)11-9-20/h5-11,14,18-19,24-25H,12-13,15-17H2,1-2,4H3/t18-,19+,24-,25+/m0/s1. The van der Waals surface area contributed by atoms with Gasteiger partial charge in [0.2, 0.25) is 0 Å². The van der Waals surface area contributed by atoms with E-state index in [1.807, 2.05) is 48.7 Å². The van der Waals surface area contributed by atoms with E-state index in [1.165, 1.54) is 0 Å². The van der Waals surface area contributed by atoms with Gasteiger partial charge in [-0.1, -0.05) is 36.4 Å². The minimum Gasteiger partial charge on any atom is -0.494 e. The Hall–Kier alpha value is -3.21. The van der Waals surface area contributed by atoms with Crippen LogP contribution in [-0.4, -0.2) is 67.6 Å². The summed E-state index contributed by atoms with van der Waals surface area (Å²) in [6.07, 6.45) is 1.84. The summed E-state index contributed by atoms with van der Waals surface area (Å²) in [5, 5.41) is 0.894. The first kappa shape index (κ1) is 23.5. The topological polar surface area (TPSA) is 42.2 Å². The zero-order valence-electron chi connectivity index (χ0n) is 20.4. The molecular formula is C28H31FN4O2. The number of pyridine rings is 1. The van der Waals surface area contributed by atoms with Crippen molar-refractivity contribution in [1.29, 1.82) is 0 Å². The summed E-state index contributed by atoms with van der Waals surface area (Å²) in [5.74, 6) is 0.717. The van der Waals surface area contributed by atoms with Gasteiger partial charge in [-0.05, 0) is 31.9 Å². The van der Waals surface area contributed by atoms with Crippen molar-refractivity contribution in [3.8, 4) is 16.9 Å². The normalized spacial score (nSPS) is 25.4. The molecular weight excluding hydrogens is 443 g/mol. The number of methoxy groups -OCH3 is 1. The summed E-state index contributed by atoms with van der Waals surface area (Å²) < 4.78 is 27.2. The molecule has 35 heavy (non-hydrogen) atoms. The van der Waals surface area contributed by atoms with Crippen molar-refractivity contribution in [2.24, 2.45) is 0 Å². The maximum absolute atomic E-state index is 15.5. The highest BCUT2D eigenvalue weighted by molar-refractivity contribution is 5.99. The smallest absolute Gasteiger partial charge is 0.187 e. The molecule has 0 N–H and O–H groups in total. The SMILES string of the molecule is [C-]#[N+]c1ccc(-c2cccc3c(OC)c(N4CC[C@@H](N5C[C@@H](C)O[C@@H](C)C5)[C@@H](F)C4)cnc23)cc1. The number of nitrogens with zero attached hydrogens (tertiary/aromatic N) is 4. The van der Waals surface area contributed by atoms with E-state index < -0.39 is 6.17 Å². The molecule has 0 unspecified atom stereocenters. The second kappa shape index (κ2) is 9.80. The molecule has 3 heterocycles.